The molecule has 1 aromatic rings. The van der Waals surface area contributed by atoms with Crippen LogP contribution in [-0.4, -0.2) is 33.6 Å². The lowest BCUT2D eigenvalue weighted by Gasteiger charge is -2.32. The number of nitrogens with two attached hydrogens (primary N) is 2. The fraction of sp³-hybridized carbons (Fsp3) is 0.312. The molecule has 1 aliphatic carbocycles. The number of rotatable bonds is 6. The summed E-state index contributed by atoms with van der Waals surface area (Å²) in [5, 5.41) is 5.15. The average molecular weight is 479 g/mol. The third-order valence-electron chi connectivity index (χ3n) is 3.91. The molecular weight excluding hydrogens is 460 g/mol. The van der Waals surface area contributed by atoms with E-state index >= 15 is 0 Å². The fourth-order valence-electron chi connectivity index (χ4n) is 2.65. The first-order valence-electron chi connectivity index (χ1n) is 7.74. The van der Waals surface area contributed by atoms with Crippen LogP contribution < -0.4 is 10.9 Å². The summed E-state index contributed by atoms with van der Waals surface area (Å²) in [6.07, 6.45) is 1.80. The summed E-state index contributed by atoms with van der Waals surface area (Å²) < 4.78 is 54.3. The van der Waals surface area contributed by atoms with Crippen LogP contribution in [0.5, 0.6) is 0 Å². The molecule has 148 valence electrons. The maximum atomic E-state index is 13.4. The van der Waals surface area contributed by atoms with Crippen molar-refractivity contribution in [2.75, 3.05) is 0 Å². The molecule has 0 saturated carbocycles. The average Bonchev–Trinajstić information content (AvgIpc) is 2.55. The third kappa shape index (κ3) is 3.96. The predicted octanol–water partition coefficient (Wildman–Crippen LogP) is 1.32. The van der Waals surface area contributed by atoms with Crippen molar-refractivity contribution < 1.29 is 26.4 Å². The van der Waals surface area contributed by atoms with Gasteiger partial charge in [0, 0.05) is 6.42 Å². The summed E-state index contributed by atoms with van der Waals surface area (Å²) in [5.41, 5.74) is 5.48. The summed E-state index contributed by atoms with van der Waals surface area (Å²) in [4.78, 5) is 11.1. The Morgan fingerprint density at radius 2 is 1.74 bits per heavy atom. The first kappa shape index (κ1) is 21.6. The second-order valence-electron chi connectivity index (χ2n) is 6.20. The Bertz CT molecular complexity index is 1040. The monoisotopic (exact) mass is 478 g/mol. The van der Waals surface area contributed by atoms with Crippen molar-refractivity contribution in [3.8, 4) is 0 Å². The molecule has 0 spiro atoms. The van der Waals surface area contributed by atoms with Crippen LogP contribution in [0.3, 0.4) is 0 Å². The molecular formula is C16H19BrN2O6S2. The second-order valence-corrected chi connectivity index (χ2v) is 10.8. The van der Waals surface area contributed by atoms with Gasteiger partial charge < -0.3 is 10.5 Å². The van der Waals surface area contributed by atoms with Crippen molar-refractivity contribution in [1.82, 2.24) is 0 Å². The van der Waals surface area contributed by atoms with Crippen molar-refractivity contribution in [2.45, 2.75) is 40.9 Å². The molecule has 11 heteroatoms. The molecule has 0 fully saturated rings. The molecule has 1 aromatic carbocycles. The number of hydrogen-bond donors (Lipinski definition) is 2. The van der Waals surface area contributed by atoms with Crippen molar-refractivity contribution >= 4 is 41.7 Å². The first-order valence-corrected chi connectivity index (χ1v) is 11.6. The van der Waals surface area contributed by atoms with Crippen LogP contribution in [0.1, 0.15) is 20.3 Å². The van der Waals surface area contributed by atoms with E-state index in [2.05, 4.69) is 15.9 Å². The van der Waals surface area contributed by atoms with Crippen LogP contribution in [0.2, 0.25) is 0 Å². The number of carbonyl (C=O) groups is 1. The van der Waals surface area contributed by atoms with Gasteiger partial charge in [0.25, 0.3) is 0 Å². The number of benzene rings is 1. The van der Waals surface area contributed by atoms with Gasteiger partial charge >= 0.3 is 0 Å². The highest BCUT2D eigenvalue weighted by molar-refractivity contribution is 9.11. The van der Waals surface area contributed by atoms with E-state index in [0.717, 1.165) is 18.2 Å². The fourth-order valence-corrected chi connectivity index (χ4v) is 6.13. The van der Waals surface area contributed by atoms with E-state index in [-0.39, 0.29) is 18.3 Å². The molecule has 1 atom stereocenters. The predicted molar refractivity (Wildman–Crippen MR) is 103 cm³/mol. The Kier molecular flexibility index (Phi) is 5.91. The lowest BCUT2D eigenvalue weighted by Crippen LogP contribution is -2.50. The molecule has 0 radical (unpaired) electrons. The smallest absolute Gasteiger partial charge is 0.243 e. The molecule has 0 heterocycles. The number of primary sulfonamides is 1. The summed E-state index contributed by atoms with van der Waals surface area (Å²) in [6.45, 7) is 3.48. The van der Waals surface area contributed by atoms with E-state index < -0.39 is 40.3 Å². The highest BCUT2D eigenvalue weighted by Gasteiger charge is 2.52. The molecule has 1 unspecified atom stereocenters. The number of sulfonamides is 1. The van der Waals surface area contributed by atoms with Gasteiger partial charge in [-0.2, -0.15) is 0 Å². The van der Waals surface area contributed by atoms with Crippen LogP contribution in [0.25, 0.3) is 0 Å². The van der Waals surface area contributed by atoms with Gasteiger partial charge in [0.05, 0.1) is 15.5 Å². The van der Waals surface area contributed by atoms with Gasteiger partial charge in [0.1, 0.15) is 10.7 Å². The normalized spacial score (nSPS) is 20.8. The topological polar surface area (TPSA) is 147 Å². The van der Waals surface area contributed by atoms with Crippen molar-refractivity contribution in [3.63, 3.8) is 0 Å². The SMILES string of the molecule is CC(C)OC1=C(Br)C=CC(C(N)=O)(S(=O)(=O)c2ccccc2S(N)(=O)=O)C1. The van der Waals surface area contributed by atoms with Gasteiger partial charge in [-0.15, -0.1) is 0 Å². The van der Waals surface area contributed by atoms with E-state index in [1.165, 1.54) is 18.2 Å². The zero-order valence-corrected chi connectivity index (χ0v) is 17.8. The number of carbonyl (C=O) groups excluding carboxylic acids is 1. The number of allylic oxidation sites excluding steroid dienone is 3. The van der Waals surface area contributed by atoms with Gasteiger partial charge in [0.2, 0.25) is 15.9 Å². The Hall–Kier alpha value is -1.69. The maximum absolute atomic E-state index is 13.4. The summed E-state index contributed by atoms with van der Waals surface area (Å²) in [6, 6.07) is 4.79. The summed E-state index contributed by atoms with van der Waals surface area (Å²) >= 11 is 3.26. The Labute approximate surface area is 166 Å². The second kappa shape index (κ2) is 7.38. The molecule has 2 rings (SSSR count). The molecule has 0 aromatic heterocycles. The Morgan fingerprint density at radius 3 is 2.22 bits per heavy atom. The Morgan fingerprint density at radius 1 is 1.19 bits per heavy atom. The number of amides is 1. The standard InChI is InChI=1S/C16H19BrN2O6S2/c1-10(2)25-12-9-16(15(18)20,8-7-11(12)17)26(21,22)13-5-3-4-6-14(13)27(19,23)24/h3-8,10H,9H2,1-2H3,(H2,18,20)(H2,19,23,24). The highest BCUT2D eigenvalue weighted by Crippen LogP contribution is 2.41. The van der Waals surface area contributed by atoms with Crippen LogP contribution in [-0.2, 0) is 29.4 Å². The van der Waals surface area contributed by atoms with Gasteiger partial charge in [-0.3, -0.25) is 4.79 Å². The highest BCUT2D eigenvalue weighted by atomic mass is 79.9. The molecule has 0 saturated heterocycles. The molecule has 0 aliphatic heterocycles. The quantitative estimate of drug-likeness (QED) is 0.629. The Balaban J connectivity index is 2.73. The van der Waals surface area contributed by atoms with Crippen molar-refractivity contribution in [3.05, 3.63) is 46.7 Å². The molecule has 0 bridgehead atoms. The summed E-state index contributed by atoms with van der Waals surface area (Å²) in [5.74, 6) is -0.948. The van der Waals surface area contributed by atoms with Crippen molar-refractivity contribution in [2.24, 2.45) is 10.9 Å². The van der Waals surface area contributed by atoms with Crippen LogP contribution in [0.4, 0.5) is 0 Å². The largest absolute Gasteiger partial charge is 0.494 e. The molecule has 1 amide bonds. The van der Waals surface area contributed by atoms with Gasteiger partial charge in [-0.1, -0.05) is 18.2 Å². The number of hydrogen-bond acceptors (Lipinski definition) is 6. The van der Waals surface area contributed by atoms with Crippen LogP contribution in [0, 0.1) is 0 Å². The van der Waals surface area contributed by atoms with Gasteiger partial charge in [-0.25, -0.2) is 22.0 Å². The number of ether oxygens (including phenoxy) is 1. The molecule has 4 N–H and O–H groups in total. The van der Waals surface area contributed by atoms with E-state index in [1.807, 2.05) is 0 Å². The minimum Gasteiger partial charge on any atom is -0.494 e. The first-order chi connectivity index (χ1) is 12.3. The molecule has 1 aliphatic rings. The zero-order valence-electron chi connectivity index (χ0n) is 14.5. The van der Waals surface area contributed by atoms with E-state index in [4.69, 9.17) is 15.6 Å². The van der Waals surface area contributed by atoms with E-state index in [9.17, 15) is 21.6 Å². The van der Waals surface area contributed by atoms with E-state index in [1.54, 1.807) is 13.8 Å². The molecule has 8 nitrogen and oxygen atoms in total. The van der Waals surface area contributed by atoms with Gasteiger partial charge in [-0.05, 0) is 48.0 Å². The number of primary amides is 1. The third-order valence-corrected chi connectivity index (χ3v) is 8.09. The summed E-state index contributed by atoms with van der Waals surface area (Å²) in [7, 11) is -8.94. The van der Waals surface area contributed by atoms with Crippen LogP contribution >= 0.6 is 15.9 Å². The minimum absolute atomic E-state index is 0.211. The number of halogens is 1. The van der Waals surface area contributed by atoms with Crippen molar-refractivity contribution in [1.29, 1.82) is 0 Å². The van der Waals surface area contributed by atoms with E-state index in [0.29, 0.717) is 4.48 Å². The minimum atomic E-state index is -4.58. The molecule has 27 heavy (non-hydrogen) atoms. The maximum Gasteiger partial charge on any atom is 0.243 e. The van der Waals surface area contributed by atoms with Crippen LogP contribution in [0.15, 0.2) is 56.5 Å². The zero-order chi connectivity index (χ0) is 20.6. The lowest BCUT2D eigenvalue weighted by molar-refractivity contribution is -0.119. The number of sulfone groups is 1. The van der Waals surface area contributed by atoms with Gasteiger partial charge in [0.15, 0.2) is 14.6 Å². The lowest BCUT2D eigenvalue weighted by atomic mass is 9.97.